The van der Waals surface area contributed by atoms with Crippen molar-refractivity contribution in [3.05, 3.63) is 190 Å². The minimum absolute atomic E-state index is 0.816. The van der Waals surface area contributed by atoms with Gasteiger partial charge in [-0.2, -0.15) is 0 Å². The summed E-state index contributed by atoms with van der Waals surface area (Å²) >= 11 is 7.08. The van der Waals surface area contributed by atoms with E-state index in [4.69, 9.17) is 15.0 Å². The molecule has 0 aliphatic rings. The van der Waals surface area contributed by atoms with Crippen LogP contribution in [-0.4, -0.2) is 63.1 Å². The number of nitrogens with zero attached hydrogens (tertiary/aromatic N) is 13. The minimum atomic E-state index is 0.816. The third-order valence-corrected chi connectivity index (χ3v) is 19.0. The van der Waals surface area contributed by atoms with Crippen molar-refractivity contribution in [2.24, 2.45) is 0 Å². The zero-order valence-corrected chi connectivity index (χ0v) is 42.6. The molecular weight excluding hydrogens is 1020 g/mol. The molecule has 17 heteroatoms. The normalized spacial score (nSPS) is 12.2. The Morgan fingerprint density at radius 2 is 0.605 bits per heavy atom. The first-order valence-electron chi connectivity index (χ1n) is 24.3. The Labute approximate surface area is 443 Å². The average molecular weight is 1050 g/mol. The van der Waals surface area contributed by atoms with Crippen molar-refractivity contribution in [3.63, 3.8) is 0 Å². The maximum atomic E-state index is 5.23. The molecule has 0 bridgehead atoms. The summed E-state index contributed by atoms with van der Waals surface area (Å²) < 4.78 is 13.9. The molecule has 0 N–H and O–H groups in total. The van der Waals surface area contributed by atoms with Crippen molar-refractivity contribution in [3.8, 4) is 23.0 Å². The van der Waals surface area contributed by atoms with E-state index < -0.39 is 0 Å². The summed E-state index contributed by atoms with van der Waals surface area (Å²) in [6.45, 7) is 0. The molecule has 18 rings (SSSR count). The van der Waals surface area contributed by atoms with Gasteiger partial charge in [0.05, 0.1) is 46.9 Å². The number of fused-ring (bicyclic) bond motifs is 20. The summed E-state index contributed by atoms with van der Waals surface area (Å²) in [6, 6.07) is 48.9. The van der Waals surface area contributed by atoms with Gasteiger partial charge in [0, 0.05) is 73.3 Å². The molecule has 0 unspecified atom stereocenters. The van der Waals surface area contributed by atoms with Crippen LogP contribution in [0.2, 0.25) is 0 Å². The third kappa shape index (κ3) is 5.89. The summed E-state index contributed by atoms with van der Waals surface area (Å²) in [5.41, 5.74) is 9.85. The number of rotatable bonds is 4. The lowest BCUT2D eigenvalue weighted by atomic mass is 10.2. The smallest absolute Gasteiger partial charge is 0.140 e. The second kappa shape index (κ2) is 16.1. The number of benzene rings is 5. The van der Waals surface area contributed by atoms with Gasteiger partial charge >= 0.3 is 0 Å². The van der Waals surface area contributed by atoms with E-state index >= 15 is 0 Å². The van der Waals surface area contributed by atoms with Crippen LogP contribution in [-0.2, 0) is 0 Å². The van der Waals surface area contributed by atoms with Crippen LogP contribution in [0.5, 0.6) is 0 Å². The molecule has 0 aliphatic carbocycles. The lowest BCUT2D eigenvalue weighted by molar-refractivity contribution is 1.01. The maximum absolute atomic E-state index is 5.23. The van der Waals surface area contributed by atoms with Crippen molar-refractivity contribution in [1.29, 1.82) is 0 Å². The molecule has 356 valence electrons. The van der Waals surface area contributed by atoms with Crippen LogP contribution in [0.1, 0.15) is 0 Å². The predicted octanol–water partition coefficient (Wildman–Crippen LogP) is 15.2. The van der Waals surface area contributed by atoms with Gasteiger partial charge < -0.3 is 0 Å². The minimum Gasteiger partial charge on any atom is -0.298 e. The van der Waals surface area contributed by atoms with E-state index in [1.165, 1.54) is 60.8 Å². The number of pyridine rings is 1. The topological polar surface area (TPSA) is 136 Å². The second-order valence-corrected chi connectivity index (χ2v) is 22.5. The standard InChI is InChI=1S/C30H16N6S2.C29H15N7S2/c1-3-10-23-19(8-1)25-27-21(13-31-15-33-27)35(29(25)37-23)17-6-5-7-18(12-17)36-22-14-32-16-34-28(22)26-20-9-2-4-11-24(20)38-30(26)36;1-3-8-20-16(6-1)24-26-18(12-30-14-32-26)35(28(24)37-20)22-10-5-11-23(34-22)36-19-13-31-15-33-27(19)25-17-7-2-4-9-21(17)38-29(25)36/h1-16H;1-15H. The fourth-order valence-electron chi connectivity index (χ4n) is 11.2. The molecule has 0 aliphatic heterocycles. The SMILES string of the molecule is c1cc(-n2c3cncnc3c3c4ccccc4sc32)cc(-n2c3cncnc3c3c4ccccc4sc32)c1.c1cc(-n2c3cncnc3c3c4ccccc4sc32)nc(-n2c3cncnc3c3c4ccccc4sc32)c1. The summed E-state index contributed by atoms with van der Waals surface area (Å²) in [7, 11) is 0. The van der Waals surface area contributed by atoms with Crippen LogP contribution >= 0.6 is 45.3 Å². The van der Waals surface area contributed by atoms with E-state index in [1.54, 1.807) is 70.7 Å². The summed E-state index contributed by atoms with van der Waals surface area (Å²) in [4.78, 5) is 46.1. The molecule has 0 radical (unpaired) electrons. The van der Waals surface area contributed by atoms with Gasteiger partial charge in [-0.1, -0.05) is 84.9 Å². The van der Waals surface area contributed by atoms with Crippen molar-refractivity contribution in [2.45, 2.75) is 0 Å². The third-order valence-electron chi connectivity index (χ3n) is 14.3. The molecule has 0 saturated heterocycles. The number of aromatic nitrogens is 13. The first kappa shape index (κ1) is 42.0. The van der Waals surface area contributed by atoms with Crippen molar-refractivity contribution >= 4 is 171 Å². The van der Waals surface area contributed by atoms with Crippen LogP contribution in [0, 0.1) is 0 Å². The zero-order valence-electron chi connectivity index (χ0n) is 39.3. The van der Waals surface area contributed by atoms with E-state index in [-0.39, 0.29) is 0 Å². The number of hydrogen-bond donors (Lipinski definition) is 0. The molecule has 76 heavy (non-hydrogen) atoms. The lowest BCUT2D eigenvalue weighted by Gasteiger charge is -2.11. The molecule has 13 heterocycles. The van der Waals surface area contributed by atoms with Crippen LogP contribution in [0.25, 0.3) is 148 Å². The van der Waals surface area contributed by atoms with E-state index in [9.17, 15) is 0 Å². The van der Waals surface area contributed by atoms with Gasteiger partial charge in [0.15, 0.2) is 0 Å². The summed E-state index contributed by atoms with van der Waals surface area (Å²) in [5.74, 6) is 1.63. The zero-order chi connectivity index (χ0) is 49.6. The van der Waals surface area contributed by atoms with Crippen LogP contribution in [0.3, 0.4) is 0 Å². The molecule has 13 aromatic heterocycles. The van der Waals surface area contributed by atoms with E-state index in [1.807, 2.05) is 36.9 Å². The Morgan fingerprint density at radius 1 is 0.303 bits per heavy atom. The highest BCUT2D eigenvalue weighted by atomic mass is 32.1. The van der Waals surface area contributed by atoms with E-state index in [0.29, 0.717) is 0 Å². The highest BCUT2D eigenvalue weighted by Crippen LogP contribution is 2.46. The quantitative estimate of drug-likeness (QED) is 0.169. The Kier molecular flexibility index (Phi) is 8.88. The van der Waals surface area contributed by atoms with Crippen LogP contribution < -0.4 is 0 Å². The number of hydrogen-bond acceptors (Lipinski definition) is 13. The molecule has 0 atom stereocenters. The van der Waals surface area contributed by atoms with Crippen molar-refractivity contribution in [2.75, 3.05) is 0 Å². The molecule has 13 nitrogen and oxygen atoms in total. The highest BCUT2D eigenvalue weighted by molar-refractivity contribution is 7.27. The second-order valence-electron chi connectivity index (χ2n) is 18.4. The Morgan fingerprint density at radius 3 is 0.961 bits per heavy atom. The van der Waals surface area contributed by atoms with Gasteiger partial charge in [-0.25, -0.2) is 44.9 Å². The highest BCUT2D eigenvalue weighted by Gasteiger charge is 2.24. The first-order valence-corrected chi connectivity index (χ1v) is 27.6. The summed E-state index contributed by atoms with van der Waals surface area (Å²) in [5, 5.41) is 9.50. The Bertz CT molecular complexity index is 4750. The van der Waals surface area contributed by atoms with Gasteiger partial charge in [-0.3, -0.25) is 18.3 Å². The molecule has 0 amide bonds. The van der Waals surface area contributed by atoms with Gasteiger partial charge in [0.2, 0.25) is 0 Å². The Balaban J connectivity index is 0.000000124. The molecule has 5 aromatic carbocycles. The summed E-state index contributed by atoms with van der Waals surface area (Å²) in [6.07, 6.45) is 14.1. The fourth-order valence-corrected chi connectivity index (χ4v) is 16.2. The van der Waals surface area contributed by atoms with Gasteiger partial charge in [0.25, 0.3) is 0 Å². The van der Waals surface area contributed by atoms with Crippen molar-refractivity contribution in [1.82, 2.24) is 63.1 Å². The monoisotopic (exact) mass is 1050 g/mol. The fraction of sp³-hybridized carbons (Fsp3) is 0. The molecular formula is C59H31N13S4. The molecule has 18 aromatic rings. The predicted molar refractivity (Wildman–Crippen MR) is 312 cm³/mol. The van der Waals surface area contributed by atoms with Gasteiger partial charge in [-0.05, 0) is 54.6 Å². The van der Waals surface area contributed by atoms with E-state index in [2.05, 4.69) is 176 Å². The molecule has 0 spiro atoms. The van der Waals surface area contributed by atoms with E-state index in [0.717, 1.165) is 87.6 Å². The van der Waals surface area contributed by atoms with Crippen LogP contribution in [0.4, 0.5) is 0 Å². The average Bonchev–Trinajstić information content (AvgIpc) is 4.55. The largest absolute Gasteiger partial charge is 0.298 e. The van der Waals surface area contributed by atoms with Crippen molar-refractivity contribution < 1.29 is 0 Å². The lowest BCUT2D eigenvalue weighted by Crippen LogP contribution is -2.02. The number of thiophene rings is 4. The van der Waals surface area contributed by atoms with Gasteiger partial charge in [0.1, 0.15) is 78.3 Å². The van der Waals surface area contributed by atoms with Crippen LogP contribution in [0.15, 0.2) is 190 Å². The molecule has 0 saturated carbocycles. The Hall–Kier alpha value is -9.39. The molecule has 0 fully saturated rings. The maximum Gasteiger partial charge on any atom is 0.140 e. The first-order chi connectivity index (χ1) is 37.7. The van der Waals surface area contributed by atoms with Gasteiger partial charge in [-0.15, -0.1) is 45.3 Å².